The molecule has 2 heterocycles. The summed E-state index contributed by atoms with van der Waals surface area (Å²) in [6.07, 6.45) is 6.98. The van der Waals surface area contributed by atoms with Gasteiger partial charge in [-0.1, -0.05) is 19.1 Å². The number of halogens is 1. The Morgan fingerprint density at radius 3 is 2.96 bits per heavy atom. The highest BCUT2D eigenvalue weighted by molar-refractivity contribution is 14.0. The second-order valence-electron chi connectivity index (χ2n) is 7.19. The molecule has 154 valence electrons. The van der Waals surface area contributed by atoms with Gasteiger partial charge in [-0.3, -0.25) is 0 Å². The van der Waals surface area contributed by atoms with E-state index in [2.05, 4.69) is 58.9 Å². The van der Waals surface area contributed by atoms with E-state index in [0.717, 1.165) is 37.8 Å². The molecule has 1 aromatic heterocycles. The predicted molar refractivity (Wildman–Crippen MR) is 125 cm³/mol. The average Bonchev–Trinajstić information content (AvgIpc) is 3.19. The lowest BCUT2D eigenvalue weighted by Gasteiger charge is -2.39. The summed E-state index contributed by atoms with van der Waals surface area (Å²) in [6.45, 7) is 10.5. The standard InChI is InChI=1S/C21H31N5O.HI/c1-4-23-21(24-10-13-27-19-7-5-6-17(2)14-19)25-11-8-18(3)20(15-25)26-12-9-22-16-26;/h5-7,9,12,14,16,18,20H,4,8,10-11,13,15H2,1-3H3,(H,23,24);1H. The number of aromatic nitrogens is 2. The fourth-order valence-corrected chi connectivity index (χ4v) is 3.54. The van der Waals surface area contributed by atoms with E-state index in [-0.39, 0.29) is 24.0 Å². The van der Waals surface area contributed by atoms with Gasteiger partial charge in [-0.25, -0.2) is 9.98 Å². The van der Waals surface area contributed by atoms with Gasteiger partial charge in [-0.15, -0.1) is 24.0 Å². The van der Waals surface area contributed by atoms with Crippen LogP contribution in [0.25, 0.3) is 0 Å². The smallest absolute Gasteiger partial charge is 0.194 e. The van der Waals surface area contributed by atoms with Gasteiger partial charge in [0.1, 0.15) is 12.4 Å². The van der Waals surface area contributed by atoms with E-state index in [1.54, 1.807) is 0 Å². The van der Waals surface area contributed by atoms with Crippen molar-refractivity contribution >= 4 is 29.9 Å². The third kappa shape index (κ3) is 6.12. The van der Waals surface area contributed by atoms with E-state index < -0.39 is 0 Å². The number of piperidine rings is 1. The molecule has 28 heavy (non-hydrogen) atoms. The highest BCUT2D eigenvalue weighted by Crippen LogP contribution is 2.27. The summed E-state index contributed by atoms with van der Waals surface area (Å²) < 4.78 is 8.06. The number of rotatable bonds is 6. The van der Waals surface area contributed by atoms with Crippen molar-refractivity contribution in [1.29, 1.82) is 0 Å². The van der Waals surface area contributed by atoms with Crippen molar-refractivity contribution in [3.63, 3.8) is 0 Å². The zero-order valence-electron chi connectivity index (χ0n) is 17.0. The van der Waals surface area contributed by atoms with Crippen molar-refractivity contribution in [2.75, 3.05) is 32.8 Å². The number of likely N-dealkylation sites (tertiary alicyclic amines) is 1. The minimum Gasteiger partial charge on any atom is -0.492 e. The molecule has 3 rings (SSSR count). The van der Waals surface area contributed by atoms with Gasteiger partial charge < -0.3 is 19.5 Å². The van der Waals surface area contributed by atoms with Crippen LogP contribution in [0.2, 0.25) is 0 Å². The maximum atomic E-state index is 5.83. The summed E-state index contributed by atoms with van der Waals surface area (Å²) in [5.41, 5.74) is 1.21. The summed E-state index contributed by atoms with van der Waals surface area (Å²) in [4.78, 5) is 11.4. The molecule has 0 radical (unpaired) electrons. The molecule has 2 unspecified atom stereocenters. The zero-order valence-corrected chi connectivity index (χ0v) is 19.4. The molecule has 1 aliphatic heterocycles. The van der Waals surface area contributed by atoms with Crippen molar-refractivity contribution in [3.05, 3.63) is 48.5 Å². The first-order chi connectivity index (χ1) is 13.2. The maximum Gasteiger partial charge on any atom is 0.194 e. The van der Waals surface area contributed by atoms with E-state index >= 15 is 0 Å². The number of aryl methyl sites for hydroxylation is 1. The van der Waals surface area contributed by atoms with Gasteiger partial charge >= 0.3 is 0 Å². The van der Waals surface area contributed by atoms with Crippen molar-refractivity contribution in [1.82, 2.24) is 19.8 Å². The Balaban J connectivity index is 0.00000280. The molecule has 1 fully saturated rings. The average molecular weight is 497 g/mol. The maximum absolute atomic E-state index is 5.83. The fourth-order valence-electron chi connectivity index (χ4n) is 3.54. The quantitative estimate of drug-likeness (QED) is 0.286. The van der Waals surface area contributed by atoms with Crippen molar-refractivity contribution < 1.29 is 4.74 Å². The van der Waals surface area contributed by atoms with Crippen LogP contribution < -0.4 is 10.1 Å². The number of ether oxygens (including phenoxy) is 1. The second kappa shape index (κ2) is 11.3. The third-order valence-corrected chi connectivity index (χ3v) is 5.07. The third-order valence-electron chi connectivity index (χ3n) is 5.07. The SMILES string of the molecule is CCNC(=NCCOc1cccc(C)c1)N1CCC(C)C(n2ccnc2)C1.I. The molecule has 1 aromatic carbocycles. The van der Waals surface area contributed by atoms with Crippen molar-refractivity contribution in [2.45, 2.75) is 33.2 Å². The highest BCUT2D eigenvalue weighted by atomic mass is 127. The molecule has 0 spiro atoms. The van der Waals surface area contributed by atoms with Crippen LogP contribution in [0.15, 0.2) is 48.0 Å². The number of hydrogen-bond acceptors (Lipinski definition) is 3. The summed E-state index contributed by atoms with van der Waals surface area (Å²) in [6, 6.07) is 8.56. The van der Waals surface area contributed by atoms with Crippen LogP contribution in [-0.2, 0) is 0 Å². The number of nitrogens with one attached hydrogen (secondary N) is 1. The first-order valence-corrected chi connectivity index (χ1v) is 9.87. The van der Waals surface area contributed by atoms with E-state index in [1.165, 1.54) is 5.56 Å². The molecule has 7 heteroatoms. The molecular weight excluding hydrogens is 465 g/mol. The normalized spacial score (nSPS) is 19.8. The Morgan fingerprint density at radius 1 is 1.39 bits per heavy atom. The number of nitrogens with zero attached hydrogens (tertiary/aromatic N) is 4. The molecule has 0 aliphatic carbocycles. The van der Waals surface area contributed by atoms with Crippen LogP contribution in [0.1, 0.15) is 31.9 Å². The van der Waals surface area contributed by atoms with Crippen LogP contribution in [0.3, 0.4) is 0 Å². The molecule has 1 N–H and O–H groups in total. The first kappa shape index (κ1) is 22.5. The summed E-state index contributed by atoms with van der Waals surface area (Å²) in [5.74, 6) is 2.51. The number of aliphatic imine (C=N–C) groups is 1. The minimum absolute atomic E-state index is 0. The van der Waals surface area contributed by atoms with E-state index in [1.807, 2.05) is 24.7 Å². The first-order valence-electron chi connectivity index (χ1n) is 9.87. The van der Waals surface area contributed by atoms with Crippen LogP contribution in [-0.4, -0.2) is 53.2 Å². The summed E-state index contributed by atoms with van der Waals surface area (Å²) in [7, 11) is 0. The van der Waals surface area contributed by atoms with E-state index in [0.29, 0.717) is 25.1 Å². The molecule has 6 nitrogen and oxygen atoms in total. The number of benzene rings is 1. The van der Waals surface area contributed by atoms with E-state index in [4.69, 9.17) is 9.73 Å². The molecule has 1 aliphatic rings. The Bertz CT molecular complexity index is 734. The molecule has 0 amide bonds. The van der Waals surface area contributed by atoms with Gasteiger partial charge in [0.2, 0.25) is 0 Å². The minimum atomic E-state index is 0. The lowest BCUT2D eigenvalue weighted by atomic mass is 9.93. The van der Waals surface area contributed by atoms with Gasteiger partial charge in [-0.05, 0) is 43.9 Å². The van der Waals surface area contributed by atoms with Gasteiger partial charge in [0.05, 0.1) is 18.9 Å². The highest BCUT2D eigenvalue weighted by Gasteiger charge is 2.28. The Hall–Kier alpha value is -1.77. The van der Waals surface area contributed by atoms with E-state index in [9.17, 15) is 0 Å². The monoisotopic (exact) mass is 497 g/mol. The van der Waals surface area contributed by atoms with Crippen LogP contribution in [0.5, 0.6) is 5.75 Å². The van der Waals surface area contributed by atoms with Gasteiger partial charge in [0.25, 0.3) is 0 Å². The molecular formula is C21H32IN5O. The zero-order chi connectivity index (χ0) is 19.1. The Morgan fingerprint density at radius 2 is 2.25 bits per heavy atom. The molecule has 2 aromatic rings. The molecule has 0 saturated carbocycles. The predicted octanol–water partition coefficient (Wildman–Crippen LogP) is 3.74. The van der Waals surface area contributed by atoms with Gasteiger partial charge in [-0.2, -0.15) is 0 Å². The van der Waals surface area contributed by atoms with Crippen LogP contribution >= 0.6 is 24.0 Å². The van der Waals surface area contributed by atoms with Crippen LogP contribution in [0, 0.1) is 12.8 Å². The second-order valence-corrected chi connectivity index (χ2v) is 7.19. The lowest BCUT2D eigenvalue weighted by Crippen LogP contribution is -2.49. The summed E-state index contributed by atoms with van der Waals surface area (Å²) >= 11 is 0. The van der Waals surface area contributed by atoms with Crippen molar-refractivity contribution in [3.8, 4) is 5.75 Å². The number of guanidine groups is 1. The molecule has 1 saturated heterocycles. The number of hydrogen-bond donors (Lipinski definition) is 1. The summed E-state index contributed by atoms with van der Waals surface area (Å²) in [5, 5.41) is 3.44. The molecule has 2 atom stereocenters. The van der Waals surface area contributed by atoms with Gasteiger partial charge in [0, 0.05) is 32.0 Å². The van der Waals surface area contributed by atoms with Crippen LogP contribution in [0.4, 0.5) is 0 Å². The number of imidazole rings is 1. The Kier molecular flexibility index (Phi) is 9.08. The van der Waals surface area contributed by atoms with Gasteiger partial charge in [0.15, 0.2) is 5.96 Å². The fraction of sp³-hybridized carbons (Fsp3) is 0.524. The Labute approximate surface area is 185 Å². The lowest BCUT2D eigenvalue weighted by molar-refractivity contribution is 0.188. The topological polar surface area (TPSA) is 54.7 Å². The largest absolute Gasteiger partial charge is 0.492 e. The molecule has 0 bridgehead atoms. The van der Waals surface area contributed by atoms with Crippen molar-refractivity contribution in [2.24, 2.45) is 10.9 Å².